The molecule has 0 N–H and O–H groups in total. The molecule has 2 aliphatic rings. The highest BCUT2D eigenvalue weighted by molar-refractivity contribution is 5.64. The first kappa shape index (κ1) is 21.4. The summed E-state index contributed by atoms with van der Waals surface area (Å²) in [7, 11) is 0. The van der Waals surface area contributed by atoms with Crippen molar-refractivity contribution in [2.45, 2.75) is 44.4 Å². The minimum Gasteiger partial charge on any atom is -0.220 e. The minimum absolute atomic E-state index is 0.0965. The van der Waals surface area contributed by atoms with Gasteiger partial charge >= 0.3 is 0 Å². The lowest BCUT2D eigenvalue weighted by molar-refractivity contribution is 0.242. The Morgan fingerprint density at radius 1 is 1.14 bits per heavy atom. The molecule has 0 spiro atoms. The predicted octanol–water partition coefficient (Wildman–Crippen LogP) is 4.06. The molecular weight excluding hydrogens is 450 g/mol. The van der Waals surface area contributed by atoms with Crippen molar-refractivity contribution in [2.24, 2.45) is 5.41 Å². The normalized spacial score (nSPS) is 21.6. The summed E-state index contributed by atoms with van der Waals surface area (Å²) in [5.41, 5.74) is 1.73. The Hall–Kier alpha value is -4.13. The highest BCUT2D eigenvalue weighted by atomic mass is 19.1. The Labute approximate surface area is 199 Å². The molecule has 2 atom stereocenters. The maximum Gasteiger partial charge on any atom is 0.252 e. The molecule has 10 heteroatoms. The van der Waals surface area contributed by atoms with Crippen molar-refractivity contribution in [2.75, 3.05) is 0 Å². The van der Waals surface area contributed by atoms with Crippen LogP contribution < -0.4 is 0 Å². The maximum atomic E-state index is 14.5. The third-order valence-electron chi connectivity index (χ3n) is 7.66. The third kappa shape index (κ3) is 2.87. The van der Waals surface area contributed by atoms with E-state index in [0.29, 0.717) is 11.8 Å². The summed E-state index contributed by atoms with van der Waals surface area (Å²) in [5.74, 6) is -0.459. The number of aromatic nitrogens is 7. The second-order valence-electron chi connectivity index (χ2n) is 9.53. The fraction of sp³-hybridized carbons (Fsp3) is 0.320. The lowest BCUT2D eigenvalue weighted by Gasteiger charge is -2.37. The van der Waals surface area contributed by atoms with Crippen LogP contribution in [0.2, 0.25) is 0 Å². The van der Waals surface area contributed by atoms with Crippen molar-refractivity contribution in [1.82, 2.24) is 34.9 Å². The molecule has 6 rings (SSSR count). The van der Waals surface area contributed by atoms with Crippen LogP contribution in [-0.4, -0.2) is 34.9 Å². The number of nitrogens with zero attached hydrogens (tertiary/aromatic N) is 8. The highest BCUT2D eigenvalue weighted by Crippen LogP contribution is 2.69. The Morgan fingerprint density at radius 2 is 1.94 bits per heavy atom. The summed E-state index contributed by atoms with van der Waals surface area (Å²) < 4.78 is 30.4. The van der Waals surface area contributed by atoms with E-state index in [1.54, 1.807) is 12.3 Å². The van der Waals surface area contributed by atoms with E-state index in [9.17, 15) is 8.78 Å². The van der Waals surface area contributed by atoms with E-state index in [1.165, 1.54) is 29.2 Å². The molecule has 0 saturated heterocycles. The number of rotatable bonds is 4. The number of hydrogen-bond donors (Lipinski definition) is 0. The summed E-state index contributed by atoms with van der Waals surface area (Å²) in [5, 5.41) is 22.0. The average molecular weight is 470 g/mol. The van der Waals surface area contributed by atoms with Crippen LogP contribution in [0, 0.1) is 28.4 Å². The fourth-order valence-electron chi connectivity index (χ4n) is 6.00. The van der Waals surface area contributed by atoms with E-state index < -0.39 is 17.0 Å². The van der Waals surface area contributed by atoms with Gasteiger partial charge in [-0.3, -0.25) is 0 Å². The van der Waals surface area contributed by atoms with Crippen LogP contribution in [0.15, 0.2) is 42.9 Å². The molecule has 3 aromatic heterocycles. The molecule has 0 radical (unpaired) electrons. The van der Waals surface area contributed by atoms with Crippen LogP contribution in [0.4, 0.5) is 8.78 Å². The largest absolute Gasteiger partial charge is 0.252 e. The second kappa shape index (κ2) is 7.43. The number of hydrogen-bond acceptors (Lipinski definition) is 7. The Bertz CT molecular complexity index is 1500. The molecule has 1 saturated carbocycles. The van der Waals surface area contributed by atoms with Crippen molar-refractivity contribution in [3.8, 4) is 23.3 Å². The van der Waals surface area contributed by atoms with E-state index in [1.807, 2.05) is 12.1 Å². The first-order chi connectivity index (χ1) is 16.9. The molecule has 1 fully saturated rings. The fourth-order valence-corrected chi connectivity index (χ4v) is 6.00. The van der Waals surface area contributed by atoms with Crippen LogP contribution in [0.5, 0.6) is 0 Å². The van der Waals surface area contributed by atoms with Crippen LogP contribution in [0.25, 0.3) is 17.2 Å². The van der Waals surface area contributed by atoms with E-state index in [0.717, 1.165) is 29.8 Å². The Morgan fingerprint density at radius 3 is 2.71 bits per heavy atom. The molecule has 4 aromatic rings. The van der Waals surface area contributed by atoms with Gasteiger partial charge in [0.1, 0.15) is 18.0 Å². The van der Waals surface area contributed by atoms with E-state index >= 15 is 0 Å². The van der Waals surface area contributed by atoms with Crippen molar-refractivity contribution in [1.29, 1.82) is 5.26 Å². The number of benzene rings is 1. The quantitative estimate of drug-likeness (QED) is 0.443. The van der Waals surface area contributed by atoms with Crippen LogP contribution in [0.1, 0.15) is 55.4 Å². The van der Waals surface area contributed by atoms with Gasteiger partial charge in [-0.15, -0.1) is 10.2 Å². The van der Waals surface area contributed by atoms with Crippen molar-refractivity contribution in [3.05, 3.63) is 77.3 Å². The van der Waals surface area contributed by atoms with Gasteiger partial charge in [-0.2, -0.15) is 15.0 Å². The topological polar surface area (TPSA) is 106 Å². The third-order valence-corrected chi connectivity index (χ3v) is 7.66. The molecule has 35 heavy (non-hydrogen) atoms. The smallest absolute Gasteiger partial charge is 0.220 e. The van der Waals surface area contributed by atoms with Crippen LogP contribution >= 0.6 is 0 Å². The van der Waals surface area contributed by atoms with Gasteiger partial charge in [0, 0.05) is 6.20 Å². The zero-order valence-electron chi connectivity index (χ0n) is 19.1. The molecule has 8 nitrogen and oxygen atoms in total. The number of fused-ring (bicyclic) bond motifs is 5. The molecule has 0 amide bonds. The number of halogens is 2. The van der Waals surface area contributed by atoms with Crippen molar-refractivity contribution >= 4 is 0 Å². The summed E-state index contributed by atoms with van der Waals surface area (Å²) in [6.07, 6.45) is 4.96. The Balaban J connectivity index is 1.49. The summed E-state index contributed by atoms with van der Waals surface area (Å²) >= 11 is 0. The lowest BCUT2D eigenvalue weighted by Crippen LogP contribution is -2.38. The summed E-state index contributed by atoms with van der Waals surface area (Å²) in [6, 6.07) is 9.47. The number of nitriles is 1. The molecule has 2 bridgehead atoms. The van der Waals surface area contributed by atoms with Crippen LogP contribution in [-0.2, 0) is 11.8 Å². The summed E-state index contributed by atoms with van der Waals surface area (Å²) in [4.78, 5) is 13.3. The standard InChI is InChI=1S/C25H20F2N8/c1-24(2)15-6-9-25(24,19-8-11-29-23(31-19)35-13-30-20(34-35)7-10-28)22-14(15)12-18(32-33-22)21-16(26)4-3-5-17(21)27/h3-5,8,11-13,15H,6-7,9H2,1-2H3/t15-,25+/m0/s1. The van der Waals surface area contributed by atoms with Gasteiger partial charge < -0.3 is 0 Å². The zero-order valence-corrected chi connectivity index (χ0v) is 19.1. The minimum atomic E-state index is -0.666. The predicted molar refractivity (Wildman–Crippen MR) is 120 cm³/mol. The van der Waals surface area contributed by atoms with Gasteiger partial charge in [0.25, 0.3) is 5.95 Å². The van der Waals surface area contributed by atoms with Crippen LogP contribution in [0.3, 0.4) is 0 Å². The van der Waals surface area contributed by atoms with Crippen molar-refractivity contribution in [3.63, 3.8) is 0 Å². The molecule has 2 aliphatic carbocycles. The summed E-state index contributed by atoms with van der Waals surface area (Å²) in [6.45, 7) is 4.36. The van der Waals surface area contributed by atoms with E-state index in [2.05, 4.69) is 39.1 Å². The Kier molecular flexibility index (Phi) is 4.55. The molecule has 174 valence electrons. The van der Waals surface area contributed by atoms with Gasteiger partial charge in [-0.05, 0) is 54.0 Å². The van der Waals surface area contributed by atoms with Gasteiger partial charge in [-0.1, -0.05) is 19.9 Å². The molecule has 3 heterocycles. The van der Waals surface area contributed by atoms with Gasteiger partial charge in [-0.25, -0.2) is 23.7 Å². The first-order valence-corrected chi connectivity index (χ1v) is 11.3. The second-order valence-corrected chi connectivity index (χ2v) is 9.53. The average Bonchev–Trinajstić information content (AvgIpc) is 3.47. The van der Waals surface area contributed by atoms with Gasteiger partial charge in [0.05, 0.1) is 40.6 Å². The monoisotopic (exact) mass is 470 g/mol. The molecule has 0 aliphatic heterocycles. The first-order valence-electron chi connectivity index (χ1n) is 11.3. The highest BCUT2D eigenvalue weighted by Gasteiger charge is 2.65. The maximum absolute atomic E-state index is 14.5. The van der Waals surface area contributed by atoms with E-state index in [4.69, 9.17) is 10.2 Å². The zero-order chi connectivity index (χ0) is 24.4. The van der Waals surface area contributed by atoms with Gasteiger partial charge in [0.2, 0.25) is 0 Å². The van der Waals surface area contributed by atoms with E-state index in [-0.39, 0.29) is 29.0 Å². The van der Waals surface area contributed by atoms with Gasteiger partial charge in [0.15, 0.2) is 5.82 Å². The lowest BCUT2D eigenvalue weighted by atomic mass is 9.66. The molecule has 0 unspecified atom stereocenters. The van der Waals surface area contributed by atoms with Crippen molar-refractivity contribution < 1.29 is 8.78 Å². The molecular formula is C25H20F2N8. The molecule has 1 aromatic carbocycles. The SMILES string of the molecule is CC1(C)[C@H]2CC[C@@]1(c1ccnc(-n3cnc(CC#N)n3)n1)c1nnc(-c3c(F)cccc3F)cc12.